The van der Waals surface area contributed by atoms with Crippen molar-refractivity contribution in [1.29, 1.82) is 0 Å². The molecule has 31 heavy (non-hydrogen) atoms. The van der Waals surface area contributed by atoms with Crippen LogP contribution in [-0.2, 0) is 34.4 Å². The molecule has 2 saturated heterocycles. The third-order valence-electron chi connectivity index (χ3n) is 5.80. The smallest absolute Gasteiger partial charge is 0.194 e. The van der Waals surface area contributed by atoms with Gasteiger partial charge in [-0.3, -0.25) is 9.67 Å². The van der Waals surface area contributed by atoms with Crippen molar-refractivity contribution in [2.45, 2.75) is 38.2 Å². The third kappa shape index (κ3) is 6.06. The number of guanidine groups is 1. The molecule has 2 aliphatic heterocycles. The van der Waals surface area contributed by atoms with Crippen molar-refractivity contribution in [3.05, 3.63) is 53.3 Å². The van der Waals surface area contributed by atoms with Crippen LogP contribution in [0.2, 0.25) is 0 Å². The van der Waals surface area contributed by atoms with E-state index in [1.54, 1.807) is 0 Å². The number of rotatable bonds is 6. The molecule has 2 fully saturated rings. The van der Waals surface area contributed by atoms with Crippen molar-refractivity contribution >= 4 is 5.96 Å². The zero-order chi connectivity index (χ0) is 21.5. The molecule has 0 saturated carbocycles. The molecule has 0 spiro atoms. The SMILES string of the molecule is CN=C(NCc1ccc(COC2CCOCC2)cc1)N1CCOC(c2cnn(C)c2)C1. The summed E-state index contributed by atoms with van der Waals surface area (Å²) < 4.78 is 19.2. The van der Waals surface area contributed by atoms with Gasteiger partial charge >= 0.3 is 0 Å². The fourth-order valence-electron chi connectivity index (χ4n) is 3.97. The van der Waals surface area contributed by atoms with Crippen LogP contribution in [0.1, 0.15) is 35.6 Å². The quantitative estimate of drug-likeness (QED) is 0.563. The van der Waals surface area contributed by atoms with E-state index >= 15 is 0 Å². The summed E-state index contributed by atoms with van der Waals surface area (Å²) >= 11 is 0. The minimum absolute atomic E-state index is 0.0102. The Balaban J connectivity index is 1.26. The second-order valence-electron chi connectivity index (χ2n) is 8.09. The molecule has 2 aliphatic rings. The first-order valence-electron chi connectivity index (χ1n) is 11.0. The standard InChI is InChI=1S/C23H33N5O3/c1-24-23(28-9-12-30-22(16-28)20-14-26-27(2)15-20)25-13-18-3-5-19(6-4-18)17-31-21-7-10-29-11-8-21/h3-6,14-15,21-22H,7-13,16-17H2,1-2H3,(H,24,25). The van der Waals surface area contributed by atoms with Gasteiger partial charge in [-0.1, -0.05) is 24.3 Å². The highest BCUT2D eigenvalue weighted by Crippen LogP contribution is 2.21. The lowest BCUT2D eigenvalue weighted by molar-refractivity contribution is -0.0390. The largest absolute Gasteiger partial charge is 0.381 e. The van der Waals surface area contributed by atoms with Crippen molar-refractivity contribution < 1.29 is 14.2 Å². The Morgan fingerprint density at radius 1 is 1.19 bits per heavy atom. The predicted octanol–water partition coefficient (Wildman–Crippen LogP) is 2.26. The van der Waals surface area contributed by atoms with Crippen molar-refractivity contribution in [2.24, 2.45) is 12.0 Å². The Kier molecular flexibility index (Phi) is 7.56. The summed E-state index contributed by atoms with van der Waals surface area (Å²) in [7, 11) is 3.75. The molecule has 1 aromatic carbocycles. The number of nitrogens with one attached hydrogen (secondary N) is 1. The van der Waals surface area contributed by atoms with E-state index < -0.39 is 0 Å². The van der Waals surface area contributed by atoms with Gasteiger partial charge in [0.25, 0.3) is 0 Å². The number of hydrogen-bond donors (Lipinski definition) is 1. The summed E-state index contributed by atoms with van der Waals surface area (Å²) in [4.78, 5) is 6.73. The van der Waals surface area contributed by atoms with Gasteiger partial charge in [0, 0.05) is 52.2 Å². The van der Waals surface area contributed by atoms with E-state index in [0.717, 1.165) is 57.2 Å². The molecule has 1 unspecified atom stereocenters. The molecule has 3 heterocycles. The minimum atomic E-state index is 0.0102. The zero-order valence-corrected chi connectivity index (χ0v) is 18.5. The molecule has 8 heteroatoms. The number of hydrogen-bond acceptors (Lipinski definition) is 5. The number of aryl methyl sites for hydroxylation is 1. The summed E-state index contributed by atoms with van der Waals surface area (Å²) in [5.41, 5.74) is 3.52. The molecule has 2 aromatic rings. The van der Waals surface area contributed by atoms with Crippen molar-refractivity contribution in [3.63, 3.8) is 0 Å². The van der Waals surface area contributed by atoms with E-state index in [2.05, 4.69) is 44.6 Å². The van der Waals surface area contributed by atoms with Crippen LogP contribution in [0.25, 0.3) is 0 Å². The highest BCUT2D eigenvalue weighted by molar-refractivity contribution is 5.80. The second-order valence-corrected chi connectivity index (χ2v) is 8.09. The molecular formula is C23H33N5O3. The maximum Gasteiger partial charge on any atom is 0.194 e. The summed E-state index contributed by atoms with van der Waals surface area (Å²) in [6.45, 7) is 5.24. The number of aliphatic imine (C=N–C) groups is 1. The molecule has 4 rings (SSSR count). The van der Waals surface area contributed by atoms with Gasteiger partial charge in [0.15, 0.2) is 5.96 Å². The van der Waals surface area contributed by atoms with Gasteiger partial charge in [-0.2, -0.15) is 5.10 Å². The van der Waals surface area contributed by atoms with E-state index in [1.807, 2.05) is 31.2 Å². The van der Waals surface area contributed by atoms with Gasteiger partial charge < -0.3 is 24.4 Å². The van der Waals surface area contributed by atoms with Gasteiger partial charge in [0.1, 0.15) is 6.10 Å². The summed E-state index contributed by atoms with van der Waals surface area (Å²) in [5, 5.41) is 7.75. The zero-order valence-electron chi connectivity index (χ0n) is 18.5. The van der Waals surface area contributed by atoms with E-state index in [1.165, 1.54) is 11.1 Å². The topological polar surface area (TPSA) is 73.1 Å². The molecule has 0 radical (unpaired) electrons. The maximum atomic E-state index is 6.01. The Labute approximate surface area is 184 Å². The third-order valence-corrected chi connectivity index (χ3v) is 5.80. The Morgan fingerprint density at radius 2 is 1.97 bits per heavy atom. The van der Waals surface area contributed by atoms with Gasteiger partial charge in [-0.05, 0) is 24.0 Å². The monoisotopic (exact) mass is 427 g/mol. The van der Waals surface area contributed by atoms with Crippen molar-refractivity contribution in [2.75, 3.05) is 40.0 Å². The lowest BCUT2D eigenvalue weighted by atomic mass is 10.1. The molecule has 168 valence electrons. The van der Waals surface area contributed by atoms with Crippen LogP contribution in [0, 0.1) is 0 Å². The molecule has 0 aliphatic carbocycles. The number of nitrogens with zero attached hydrogens (tertiary/aromatic N) is 4. The summed E-state index contributed by atoms with van der Waals surface area (Å²) in [5.74, 6) is 0.893. The van der Waals surface area contributed by atoms with E-state index in [9.17, 15) is 0 Å². The Hall–Kier alpha value is -2.42. The molecule has 1 atom stereocenters. The minimum Gasteiger partial charge on any atom is -0.381 e. The van der Waals surface area contributed by atoms with Crippen LogP contribution in [0.4, 0.5) is 0 Å². The van der Waals surface area contributed by atoms with Crippen LogP contribution in [0.15, 0.2) is 41.7 Å². The van der Waals surface area contributed by atoms with Crippen LogP contribution in [0.3, 0.4) is 0 Å². The van der Waals surface area contributed by atoms with Crippen LogP contribution < -0.4 is 5.32 Å². The average molecular weight is 428 g/mol. The molecule has 0 amide bonds. The highest BCUT2D eigenvalue weighted by Gasteiger charge is 2.25. The Morgan fingerprint density at radius 3 is 2.68 bits per heavy atom. The predicted molar refractivity (Wildman–Crippen MR) is 119 cm³/mol. The summed E-state index contributed by atoms with van der Waals surface area (Å²) in [6, 6.07) is 8.60. The molecular weight excluding hydrogens is 394 g/mol. The van der Waals surface area contributed by atoms with Gasteiger partial charge in [0.05, 0.1) is 32.1 Å². The van der Waals surface area contributed by atoms with E-state index in [-0.39, 0.29) is 6.10 Å². The second kappa shape index (κ2) is 10.7. The van der Waals surface area contributed by atoms with Crippen molar-refractivity contribution in [3.8, 4) is 0 Å². The molecule has 1 N–H and O–H groups in total. The first kappa shape index (κ1) is 21.8. The van der Waals surface area contributed by atoms with Crippen LogP contribution in [0.5, 0.6) is 0 Å². The van der Waals surface area contributed by atoms with Crippen LogP contribution in [-0.4, -0.2) is 66.7 Å². The lowest BCUT2D eigenvalue weighted by Crippen LogP contribution is -2.47. The fourth-order valence-corrected chi connectivity index (χ4v) is 3.97. The van der Waals surface area contributed by atoms with Gasteiger partial charge in [0.2, 0.25) is 0 Å². The first-order chi connectivity index (χ1) is 15.2. The number of aromatic nitrogens is 2. The molecule has 1 aromatic heterocycles. The number of benzene rings is 1. The highest BCUT2D eigenvalue weighted by atomic mass is 16.5. The number of morpholine rings is 1. The first-order valence-corrected chi connectivity index (χ1v) is 11.0. The van der Waals surface area contributed by atoms with E-state index in [4.69, 9.17) is 14.2 Å². The number of ether oxygens (including phenoxy) is 3. The van der Waals surface area contributed by atoms with Gasteiger partial charge in [-0.15, -0.1) is 0 Å². The van der Waals surface area contributed by atoms with Crippen LogP contribution >= 0.6 is 0 Å². The maximum absolute atomic E-state index is 6.01. The average Bonchev–Trinajstić information content (AvgIpc) is 3.26. The van der Waals surface area contributed by atoms with Gasteiger partial charge in [-0.25, -0.2) is 0 Å². The van der Waals surface area contributed by atoms with Crippen molar-refractivity contribution in [1.82, 2.24) is 20.0 Å². The normalized spacial score (nSPS) is 20.8. The summed E-state index contributed by atoms with van der Waals surface area (Å²) in [6.07, 6.45) is 6.20. The Bertz CT molecular complexity index is 845. The molecule has 0 bridgehead atoms. The fraction of sp³-hybridized carbons (Fsp3) is 0.565. The lowest BCUT2D eigenvalue weighted by Gasteiger charge is -2.34. The molecule has 8 nitrogen and oxygen atoms in total. The van der Waals surface area contributed by atoms with E-state index in [0.29, 0.717) is 19.3 Å².